The number of amides is 2. The van der Waals surface area contributed by atoms with Crippen LogP contribution in [0.1, 0.15) is 41.5 Å². The molecular weight excluding hydrogens is 370 g/mol. The summed E-state index contributed by atoms with van der Waals surface area (Å²) in [4.78, 5) is 16.8. The number of rotatable bonds is 3. The van der Waals surface area contributed by atoms with Crippen LogP contribution in [0.4, 0.5) is 10.5 Å². The zero-order valence-corrected chi connectivity index (χ0v) is 17.0. The van der Waals surface area contributed by atoms with Gasteiger partial charge >= 0.3 is 6.03 Å². The Bertz CT molecular complexity index is 1020. The van der Waals surface area contributed by atoms with Gasteiger partial charge in [-0.25, -0.2) is 4.79 Å². The highest BCUT2D eigenvalue weighted by molar-refractivity contribution is 5.91. The van der Waals surface area contributed by atoms with E-state index in [9.17, 15) is 4.79 Å². The molecule has 152 valence electrons. The van der Waals surface area contributed by atoms with E-state index in [1.54, 1.807) is 4.90 Å². The zero-order chi connectivity index (χ0) is 20.5. The van der Waals surface area contributed by atoms with E-state index in [0.717, 1.165) is 31.6 Å². The molecule has 0 aliphatic carbocycles. The molecule has 2 aliphatic rings. The van der Waals surface area contributed by atoms with Gasteiger partial charge in [0.1, 0.15) is 0 Å². The summed E-state index contributed by atoms with van der Waals surface area (Å²) in [5, 5.41) is 0. The average molecular weight is 398 g/mol. The van der Waals surface area contributed by atoms with Gasteiger partial charge in [0.05, 0.1) is 0 Å². The molecule has 0 spiro atoms. The Balaban J connectivity index is 1.48. The lowest BCUT2D eigenvalue weighted by molar-refractivity contribution is 0.117. The molecule has 0 radical (unpaired) electrons. The Morgan fingerprint density at radius 3 is 2.20 bits per heavy atom. The largest absolute Gasteiger partial charge is 0.351 e. The first kappa shape index (κ1) is 18.9. The predicted molar refractivity (Wildman–Crippen MR) is 121 cm³/mol. The van der Waals surface area contributed by atoms with E-state index in [1.807, 2.05) is 30.3 Å². The zero-order valence-electron chi connectivity index (χ0n) is 17.0. The molecule has 3 atom stereocenters. The number of nitrogens with two attached hydrogens (primary N) is 1. The van der Waals surface area contributed by atoms with Crippen LogP contribution in [0.25, 0.3) is 0 Å². The van der Waals surface area contributed by atoms with E-state index in [-0.39, 0.29) is 12.1 Å². The molecule has 4 nitrogen and oxygen atoms in total. The second kappa shape index (κ2) is 7.96. The fraction of sp³-hybridized carbons (Fsp3) is 0.269. The van der Waals surface area contributed by atoms with Crippen LogP contribution in [0.5, 0.6) is 0 Å². The standard InChI is InChI=1S/C26H27N3O/c27-26(30)29(20-11-5-2-6-12-20)21-15-16-28-18-24(19-9-3-1-4-10-19)22-13-7-8-14-23(22)25(28)17-21/h1-14,21,24-25H,15-18H2,(H2,27,30)/t21-,24-,25-/m1/s1. The van der Waals surface area contributed by atoms with Crippen LogP contribution in [-0.4, -0.2) is 30.1 Å². The van der Waals surface area contributed by atoms with Crippen molar-refractivity contribution in [2.45, 2.75) is 30.8 Å². The highest BCUT2D eigenvalue weighted by Crippen LogP contribution is 2.44. The molecule has 0 bridgehead atoms. The number of para-hydroxylation sites is 1. The first-order chi connectivity index (χ1) is 14.7. The van der Waals surface area contributed by atoms with E-state index < -0.39 is 0 Å². The fourth-order valence-electron chi connectivity index (χ4n) is 5.31. The number of fused-ring (bicyclic) bond motifs is 3. The first-order valence-corrected chi connectivity index (χ1v) is 10.7. The summed E-state index contributed by atoms with van der Waals surface area (Å²) in [5.74, 6) is 0.386. The second-order valence-corrected chi connectivity index (χ2v) is 8.32. The van der Waals surface area contributed by atoms with Gasteiger partial charge in [-0.3, -0.25) is 9.80 Å². The smallest absolute Gasteiger partial charge is 0.319 e. The molecule has 0 saturated carbocycles. The Morgan fingerprint density at radius 2 is 1.50 bits per heavy atom. The molecule has 2 amide bonds. The van der Waals surface area contributed by atoms with Crippen molar-refractivity contribution in [3.63, 3.8) is 0 Å². The van der Waals surface area contributed by atoms with E-state index in [1.165, 1.54) is 16.7 Å². The van der Waals surface area contributed by atoms with Crippen molar-refractivity contribution in [1.82, 2.24) is 4.90 Å². The third kappa shape index (κ3) is 3.37. The summed E-state index contributed by atoms with van der Waals surface area (Å²) in [6.45, 7) is 1.98. The fourth-order valence-corrected chi connectivity index (χ4v) is 5.31. The monoisotopic (exact) mass is 397 g/mol. The van der Waals surface area contributed by atoms with Gasteiger partial charge in [0.15, 0.2) is 0 Å². The van der Waals surface area contributed by atoms with E-state index in [0.29, 0.717) is 12.0 Å². The van der Waals surface area contributed by atoms with Crippen LogP contribution in [-0.2, 0) is 0 Å². The number of primary amides is 1. The minimum absolute atomic E-state index is 0.104. The third-order valence-electron chi connectivity index (χ3n) is 6.67. The van der Waals surface area contributed by atoms with Crippen molar-refractivity contribution >= 4 is 11.7 Å². The van der Waals surface area contributed by atoms with Crippen molar-refractivity contribution in [1.29, 1.82) is 0 Å². The summed E-state index contributed by atoms with van der Waals surface area (Å²) in [6, 6.07) is 29.5. The summed E-state index contributed by atoms with van der Waals surface area (Å²) < 4.78 is 0. The molecule has 0 aromatic heterocycles. The molecular formula is C26H27N3O. The number of nitrogens with zero attached hydrogens (tertiary/aromatic N) is 2. The van der Waals surface area contributed by atoms with Crippen molar-refractivity contribution in [3.05, 3.63) is 102 Å². The van der Waals surface area contributed by atoms with Crippen LogP contribution in [0.3, 0.4) is 0 Å². The van der Waals surface area contributed by atoms with Gasteiger partial charge in [-0.05, 0) is 41.7 Å². The molecule has 30 heavy (non-hydrogen) atoms. The summed E-state index contributed by atoms with van der Waals surface area (Å²) >= 11 is 0. The summed E-state index contributed by atoms with van der Waals surface area (Å²) in [5.41, 5.74) is 10.9. The molecule has 1 fully saturated rings. The molecule has 5 rings (SSSR count). The lowest BCUT2D eigenvalue weighted by Gasteiger charge is -2.48. The van der Waals surface area contributed by atoms with Crippen LogP contribution < -0.4 is 10.6 Å². The minimum atomic E-state index is -0.370. The lowest BCUT2D eigenvalue weighted by atomic mass is 9.77. The number of hydrogen-bond donors (Lipinski definition) is 1. The predicted octanol–water partition coefficient (Wildman–Crippen LogP) is 4.92. The van der Waals surface area contributed by atoms with Crippen molar-refractivity contribution in [3.8, 4) is 0 Å². The van der Waals surface area contributed by atoms with Gasteiger partial charge in [0.2, 0.25) is 0 Å². The Labute approximate surface area is 177 Å². The SMILES string of the molecule is NC(=O)N(c1ccccc1)[C@@H]1CCN2C[C@H](c3ccccc3)c3ccccc3[C@H]2C1. The van der Waals surface area contributed by atoms with Crippen molar-refractivity contribution in [2.75, 3.05) is 18.0 Å². The number of hydrogen-bond acceptors (Lipinski definition) is 2. The lowest BCUT2D eigenvalue weighted by Crippen LogP contribution is -2.52. The van der Waals surface area contributed by atoms with E-state index in [4.69, 9.17) is 5.73 Å². The Kier molecular flexibility index (Phi) is 5.01. The van der Waals surface area contributed by atoms with Crippen LogP contribution >= 0.6 is 0 Å². The molecule has 2 N–H and O–H groups in total. The number of carbonyl (C=O) groups is 1. The number of benzene rings is 3. The van der Waals surface area contributed by atoms with Crippen molar-refractivity contribution < 1.29 is 4.79 Å². The van der Waals surface area contributed by atoms with Gasteiger partial charge < -0.3 is 5.73 Å². The van der Waals surface area contributed by atoms with Gasteiger partial charge in [0, 0.05) is 36.8 Å². The molecule has 3 aromatic rings. The van der Waals surface area contributed by atoms with Crippen molar-refractivity contribution in [2.24, 2.45) is 5.73 Å². The number of anilines is 1. The average Bonchev–Trinajstić information content (AvgIpc) is 2.80. The van der Waals surface area contributed by atoms with Gasteiger partial charge in [-0.2, -0.15) is 0 Å². The molecule has 3 aromatic carbocycles. The van der Waals surface area contributed by atoms with E-state index in [2.05, 4.69) is 59.5 Å². The normalized spacial score (nSPS) is 23.3. The first-order valence-electron chi connectivity index (χ1n) is 10.7. The van der Waals surface area contributed by atoms with Gasteiger partial charge in [-0.15, -0.1) is 0 Å². The van der Waals surface area contributed by atoms with Gasteiger partial charge in [-0.1, -0.05) is 72.8 Å². The maximum Gasteiger partial charge on any atom is 0.319 e. The highest BCUT2D eigenvalue weighted by atomic mass is 16.2. The third-order valence-corrected chi connectivity index (χ3v) is 6.67. The summed E-state index contributed by atoms with van der Waals surface area (Å²) in [7, 11) is 0. The summed E-state index contributed by atoms with van der Waals surface area (Å²) in [6.07, 6.45) is 1.83. The molecule has 2 aliphatic heterocycles. The maximum absolute atomic E-state index is 12.4. The number of piperidine rings is 1. The molecule has 4 heteroatoms. The number of carbonyl (C=O) groups excluding carboxylic acids is 1. The van der Waals surface area contributed by atoms with E-state index >= 15 is 0 Å². The molecule has 1 saturated heterocycles. The molecule has 2 heterocycles. The van der Waals surface area contributed by atoms with Crippen LogP contribution in [0, 0.1) is 0 Å². The van der Waals surface area contributed by atoms with Crippen LogP contribution in [0.2, 0.25) is 0 Å². The highest BCUT2D eigenvalue weighted by Gasteiger charge is 2.40. The Hall–Kier alpha value is -3.11. The molecule has 0 unspecified atom stereocenters. The minimum Gasteiger partial charge on any atom is -0.351 e. The number of urea groups is 1. The van der Waals surface area contributed by atoms with Gasteiger partial charge in [0.25, 0.3) is 0 Å². The Morgan fingerprint density at radius 1 is 0.867 bits per heavy atom. The maximum atomic E-state index is 12.4. The second-order valence-electron chi connectivity index (χ2n) is 8.32. The topological polar surface area (TPSA) is 49.6 Å². The quantitative estimate of drug-likeness (QED) is 0.682. The van der Waals surface area contributed by atoms with Crippen LogP contribution in [0.15, 0.2) is 84.9 Å².